The van der Waals surface area contributed by atoms with Gasteiger partial charge in [0.1, 0.15) is 6.04 Å². The first kappa shape index (κ1) is 25.5. The fraction of sp³-hybridized carbons (Fsp3) is 0.609. The standard InChI is InChI=1S/C23H29F2N5O4S/c1-15(18-6-2-7-19(24)21(18)25)27-22(31)20-8-4-10-30(20)23(32)17-5-3-9-28(14-17)35(33,34)29-12-16(11-26)13-29/h2,6-7,15-17,20H,3-5,8-10,12-14H2,1H3,(H,27,31)/t15-,17+,20-/m1/s1. The summed E-state index contributed by atoms with van der Waals surface area (Å²) in [6, 6.07) is 4.28. The zero-order valence-corrected chi connectivity index (χ0v) is 20.3. The van der Waals surface area contributed by atoms with Crippen LogP contribution in [0.4, 0.5) is 8.78 Å². The number of hydrogen-bond acceptors (Lipinski definition) is 5. The van der Waals surface area contributed by atoms with Crippen LogP contribution >= 0.6 is 0 Å². The van der Waals surface area contributed by atoms with Gasteiger partial charge in [-0.1, -0.05) is 12.1 Å². The lowest BCUT2D eigenvalue weighted by Gasteiger charge is -2.41. The van der Waals surface area contributed by atoms with Crippen molar-refractivity contribution in [2.45, 2.75) is 44.7 Å². The molecular formula is C23H29F2N5O4S. The molecule has 1 aromatic carbocycles. The maximum Gasteiger partial charge on any atom is 0.282 e. The summed E-state index contributed by atoms with van der Waals surface area (Å²) >= 11 is 0. The van der Waals surface area contributed by atoms with Crippen molar-refractivity contribution < 1.29 is 26.8 Å². The molecule has 0 spiro atoms. The molecular weight excluding hydrogens is 480 g/mol. The molecule has 3 atom stereocenters. The Hall–Kier alpha value is -2.62. The zero-order chi connectivity index (χ0) is 25.3. The number of carbonyl (C=O) groups excluding carboxylic acids is 2. The van der Waals surface area contributed by atoms with Gasteiger partial charge in [-0.05, 0) is 38.7 Å². The number of nitrogens with one attached hydrogen (secondary N) is 1. The average Bonchev–Trinajstić information content (AvgIpc) is 3.29. The molecule has 2 amide bonds. The average molecular weight is 510 g/mol. The van der Waals surface area contributed by atoms with Gasteiger partial charge < -0.3 is 10.2 Å². The van der Waals surface area contributed by atoms with Crippen molar-refractivity contribution in [2.24, 2.45) is 11.8 Å². The van der Waals surface area contributed by atoms with Crippen LogP contribution in [0.2, 0.25) is 0 Å². The normalized spacial score (nSPS) is 25.0. The molecule has 0 saturated carbocycles. The number of nitrogens with zero attached hydrogens (tertiary/aromatic N) is 4. The Morgan fingerprint density at radius 3 is 2.54 bits per heavy atom. The topological polar surface area (TPSA) is 114 Å². The maximum absolute atomic E-state index is 14.1. The third-order valence-electron chi connectivity index (χ3n) is 7.06. The van der Waals surface area contributed by atoms with Crippen LogP contribution in [0.15, 0.2) is 18.2 Å². The molecule has 9 nitrogen and oxygen atoms in total. The Kier molecular flexibility index (Phi) is 7.40. The molecule has 3 heterocycles. The Morgan fingerprint density at radius 2 is 1.83 bits per heavy atom. The molecule has 190 valence electrons. The van der Waals surface area contributed by atoms with Crippen molar-refractivity contribution in [1.29, 1.82) is 5.26 Å². The van der Waals surface area contributed by atoms with E-state index in [4.69, 9.17) is 5.26 Å². The van der Waals surface area contributed by atoms with E-state index in [2.05, 4.69) is 11.4 Å². The summed E-state index contributed by atoms with van der Waals surface area (Å²) in [7, 11) is -3.74. The van der Waals surface area contributed by atoms with Crippen LogP contribution < -0.4 is 5.32 Å². The van der Waals surface area contributed by atoms with Gasteiger partial charge in [-0.3, -0.25) is 9.59 Å². The minimum atomic E-state index is -3.74. The molecule has 3 fully saturated rings. The number of rotatable bonds is 6. The van der Waals surface area contributed by atoms with Crippen LogP contribution in [0.1, 0.15) is 44.2 Å². The molecule has 1 aromatic rings. The van der Waals surface area contributed by atoms with Crippen molar-refractivity contribution in [1.82, 2.24) is 18.8 Å². The Bertz CT molecular complexity index is 1140. The number of halogens is 2. The highest BCUT2D eigenvalue weighted by Gasteiger charge is 2.44. The largest absolute Gasteiger partial charge is 0.348 e. The third kappa shape index (κ3) is 5.03. The summed E-state index contributed by atoms with van der Waals surface area (Å²) in [5, 5.41) is 11.6. The van der Waals surface area contributed by atoms with Crippen LogP contribution in [0.25, 0.3) is 0 Å². The number of amides is 2. The molecule has 0 aliphatic carbocycles. The molecule has 1 N–H and O–H groups in total. The van der Waals surface area contributed by atoms with E-state index in [1.807, 2.05) is 0 Å². The number of piperidine rings is 1. The molecule has 35 heavy (non-hydrogen) atoms. The van der Waals surface area contributed by atoms with Gasteiger partial charge in [0.05, 0.1) is 23.9 Å². The van der Waals surface area contributed by atoms with Crippen LogP contribution in [0.3, 0.4) is 0 Å². The quantitative estimate of drug-likeness (QED) is 0.625. The smallest absolute Gasteiger partial charge is 0.282 e. The minimum Gasteiger partial charge on any atom is -0.348 e. The van der Waals surface area contributed by atoms with Gasteiger partial charge in [0.2, 0.25) is 11.8 Å². The molecule has 3 saturated heterocycles. The van der Waals surface area contributed by atoms with E-state index < -0.39 is 45.8 Å². The number of nitriles is 1. The highest BCUT2D eigenvalue weighted by Crippen LogP contribution is 2.29. The lowest BCUT2D eigenvalue weighted by Crippen LogP contribution is -2.57. The number of carbonyl (C=O) groups is 2. The molecule has 0 unspecified atom stereocenters. The summed E-state index contributed by atoms with van der Waals surface area (Å²) < 4.78 is 56.0. The first-order chi connectivity index (χ1) is 16.6. The SMILES string of the molecule is C[C@@H](NC(=O)[C@H]1CCCN1C(=O)[C@H]1CCCN(S(=O)(=O)N2CC(C#N)C2)C1)c1cccc(F)c1F. The molecule has 0 bridgehead atoms. The minimum absolute atomic E-state index is 0.0204. The number of likely N-dealkylation sites (tertiary alicyclic amines) is 1. The molecule has 3 aliphatic rings. The first-order valence-corrected chi connectivity index (χ1v) is 13.2. The predicted octanol–water partition coefficient (Wildman–Crippen LogP) is 1.55. The highest BCUT2D eigenvalue weighted by molar-refractivity contribution is 7.86. The molecule has 0 aromatic heterocycles. The fourth-order valence-corrected chi connectivity index (χ4v) is 6.80. The van der Waals surface area contributed by atoms with Crippen molar-refractivity contribution in [2.75, 3.05) is 32.7 Å². The lowest BCUT2D eigenvalue weighted by molar-refractivity contribution is -0.142. The Morgan fingerprint density at radius 1 is 1.11 bits per heavy atom. The molecule has 4 rings (SSSR count). The van der Waals surface area contributed by atoms with Crippen molar-refractivity contribution >= 4 is 22.0 Å². The van der Waals surface area contributed by atoms with Gasteiger partial charge >= 0.3 is 0 Å². The lowest BCUT2D eigenvalue weighted by atomic mass is 9.97. The molecule has 3 aliphatic heterocycles. The van der Waals surface area contributed by atoms with Crippen LogP contribution in [0, 0.1) is 34.8 Å². The van der Waals surface area contributed by atoms with Crippen LogP contribution in [-0.4, -0.2) is 72.5 Å². The van der Waals surface area contributed by atoms with E-state index in [9.17, 15) is 26.8 Å². The van der Waals surface area contributed by atoms with E-state index >= 15 is 0 Å². The summed E-state index contributed by atoms with van der Waals surface area (Å²) in [6.07, 6.45) is 2.09. The maximum atomic E-state index is 14.1. The van der Waals surface area contributed by atoms with E-state index in [1.54, 1.807) is 6.92 Å². The molecule has 0 radical (unpaired) electrons. The fourth-order valence-electron chi connectivity index (χ4n) is 5.00. The van der Waals surface area contributed by atoms with E-state index in [0.29, 0.717) is 38.8 Å². The van der Waals surface area contributed by atoms with Gasteiger partial charge in [0.15, 0.2) is 11.6 Å². The summed E-state index contributed by atoms with van der Waals surface area (Å²) in [5.41, 5.74) is 0.0204. The predicted molar refractivity (Wildman–Crippen MR) is 122 cm³/mol. The van der Waals surface area contributed by atoms with Crippen molar-refractivity contribution in [3.05, 3.63) is 35.4 Å². The Labute approximate surface area is 203 Å². The number of hydrogen-bond donors (Lipinski definition) is 1. The molecule has 12 heteroatoms. The van der Waals surface area contributed by atoms with E-state index in [0.717, 1.165) is 6.07 Å². The van der Waals surface area contributed by atoms with Crippen molar-refractivity contribution in [3.8, 4) is 6.07 Å². The first-order valence-electron chi connectivity index (χ1n) is 11.8. The second-order valence-corrected chi connectivity index (χ2v) is 11.3. The Balaban J connectivity index is 1.40. The van der Waals surface area contributed by atoms with Gasteiger partial charge in [0.25, 0.3) is 10.2 Å². The zero-order valence-electron chi connectivity index (χ0n) is 19.5. The summed E-state index contributed by atoms with van der Waals surface area (Å²) in [5.74, 6) is -3.62. The summed E-state index contributed by atoms with van der Waals surface area (Å²) in [4.78, 5) is 27.8. The van der Waals surface area contributed by atoms with Gasteiger partial charge in [-0.2, -0.15) is 22.3 Å². The van der Waals surface area contributed by atoms with Gasteiger partial charge in [-0.15, -0.1) is 0 Å². The van der Waals surface area contributed by atoms with Crippen molar-refractivity contribution in [3.63, 3.8) is 0 Å². The third-order valence-corrected chi connectivity index (χ3v) is 9.00. The van der Waals surface area contributed by atoms with E-state index in [1.165, 1.54) is 25.6 Å². The number of benzene rings is 1. The highest BCUT2D eigenvalue weighted by atomic mass is 32.2. The summed E-state index contributed by atoms with van der Waals surface area (Å²) in [6.45, 7) is 2.58. The van der Waals surface area contributed by atoms with Crippen LogP contribution in [-0.2, 0) is 19.8 Å². The second kappa shape index (κ2) is 10.2. The van der Waals surface area contributed by atoms with E-state index in [-0.39, 0.29) is 37.0 Å². The monoisotopic (exact) mass is 509 g/mol. The van der Waals surface area contributed by atoms with Crippen LogP contribution in [0.5, 0.6) is 0 Å². The van der Waals surface area contributed by atoms with Gasteiger partial charge in [-0.25, -0.2) is 8.78 Å². The second-order valence-electron chi connectivity index (χ2n) is 9.41. The van der Waals surface area contributed by atoms with Gasteiger partial charge in [0, 0.05) is 38.3 Å².